The Morgan fingerprint density at radius 3 is 2.52 bits per heavy atom. The van der Waals surface area contributed by atoms with Crippen LogP contribution in [0.4, 0.5) is 5.69 Å². The Kier molecular flexibility index (Phi) is 6.46. The van der Waals surface area contributed by atoms with Gasteiger partial charge in [-0.25, -0.2) is 9.97 Å². The zero-order valence-corrected chi connectivity index (χ0v) is 19.9. The van der Waals surface area contributed by atoms with Gasteiger partial charge in [0, 0.05) is 42.1 Å². The molecule has 1 saturated heterocycles. The van der Waals surface area contributed by atoms with Crippen molar-refractivity contribution < 1.29 is 9.53 Å². The Labute approximate surface area is 201 Å². The van der Waals surface area contributed by atoms with Crippen LogP contribution in [0.2, 0.25) is 0 Å². The third kappa shape index (κ3) is 4.82. The molecule has 33 heavy (non-hydrogen) atoms. The van der Waals surface area contributed by atoms with Crippen molar-refractivity contribution in [1.29, 1.82) is 0 Å². The number of rotatable bonds is 6. The Morgan fingerprint density at radius 2 is 1.79 bits per heavy atom. The topological polar surface area (TPSA) is 58.6 Å². The SMILES string of the molecule is COc1ccc(N2CCN(C(=O)CSc3ncnc4sc(-c5ccccc5)cc34)CC2)cc1. The number of nitrogens with zero attached hydrogens (tertiary/aromatic N) is 4. The van der Waals surface area contributed by atoms with Crippen LogP contribution in [0.3, 0.4) is 0 Å². The van der Waals surface area contributed by atoms with Crippen LogP contribution in [0.15, 0.2) is 72.0 Å². The lowest BCUT2D eigenvalue weighted by atomic mass is 10.2. The highest BCUT2D eigenvalue weighted by atomic mass is 32.2. The maximum Gasteiger partial charge on any atom is 0.233 e. The first-order valence-corrected chi connectivity index (χ1v) is 12.6. The zero-order chi connectivity index (χ0) is 22.6. The van der Waals surface area contributed by atoms with Crippen molar-refractivity contribution in [2.45, 2.75) is 5.03 Å². The van der Waals surface area contributed by atoms with Crippen molar-refractivity contribution in [3.8, 4) is 16.2 Å². The van der Waals surface area contributed by atoms with E-state index in [1.54, 1.807) is 24.8 Å². The summed E-state index contributed by atoms with van der Waals surface area (Å²) in [6.45, 7) is 3.10. The van der Waals surface area contributed by atoms with Gasteiger partial charge >= 0.3 is 0 Å². The molecule has 2 aromatic heterocycles. The summed E-state index contributed by atoms with van der Waals surface area (Å²) in [7, 11) is 1.67. The number of fused-ring (bicyclic) bond motifs is 1. The minimum absolute atomic E-state index is 0.152. The van der Waals surface area contributed by atoms with Gasteiger partial charge in [0.15, 0.2) is 0 Å². The van der Waals surface area contributed by atoms with E-state index in [1.807, 2.05) is 35.2 Å². The summed E-state index contributed by atoms with van der Waals surface area (Å²) < 4.78 is 5.24. The summed E-state index contributed by atoms with van der Waals surface area (Å²) in [6, 6.07) is 20.5. The molecule has 1 aliphatic rings. The van der Waals surface area contributed by atoms with Crippen LogP contribution in [0.1, 0.15) is 0 Å². The average Bonchev–Trinajstić information content (AvgIpc) is 3.33. The molecule has 0 unspecified atom stereocenters. The molecular formula is C25H24N4O2S2. The van der Waals surface area contributed by atoms with E-state index in [0.717, 1.165) is 57.7 Å². The second-order valence-electron chi connectivity index (χ2n) is 7.73. The molecule has 3 heterocycles. The summed E-state index contributed by atoms with van der Waals surface area (Å²) >= 11 is 3.15. The number of carbonyl (C=O) groups is 1. The van der Waals surface area contributed by atoms with Crippen LogP contribution < -0.4 is 9.64 Å². The van der Waals surface area contributed by atoms with Gasteiger partial charge in [0.05, 0.1) is 12.9 Å². The van der Waals surface area contributed by atoms with Crippen molar-refractivity contribution in [1.82, 2.24) is 14.9 Å². The number of thioether (sulfide) groups is 1. The Hall–Kier alpha value is -3.10. The molecule has 1 fully saturated rings. The number of hydrogen-bond acceptors (Lipinski definition) is 7. The van der Waals surface area contributed by atoms with Gasteiger partial charge in [-0.3, -0.25) is 4.79 Å². The number of piperazine rings is 1. The van der Waals surface area contributed by atoms with E-state index in [9.17, 15) is 4.79 Å². The van der Waals surface area contributed by atoms with Gasteiger partial charge in [0.1, 0.15) is 21.9 Å². The van der Waals surface area contributed by atoms with Gasteiger partial charge in [-0.2, -0.15) is 0 Å². The minimum atomic E-state index is 0.152. The lowest BCUT2D eigenvalue weighted by Gasteiger charge is -2.36. The fourth-order valence-corrected chi connectivity index (χ4v) is 5.87. The number of anilines is 1. The molecule has 2 aromatic carbocycles. The number of methoxy groups -OCH3 is 1. The molecule has 5 rings (SSSR count). The Balaban J connectivity index is 1.20. The molecule has 1 amide bonds. The second-order valence-corrected chi connectivity index (χ2v) is 9.72. The summed E-state index contributed by atoms with van der Waals surface area (Å²) in [6.07, 6.45) is 1.59. The maximum absolute atomic E-state index is 12.9. The predicted molar refractivity (Wildman–Crippen MR) is 135 cm³/mol. The number of thiophene rings is 1. The van der Waals surface area contributed by atoms with Crippen LogP contribution in [0, 0.1) is 0 Å². The molecule has 8 heteroatoms. The molecule has 0 N–H and O–H groups in total. The second kappa shape index (κ2) is 9.80. The van der Waals surface area contributed by atoms with Crippen LogP contribution in [-0.4, -0.2) is 59.8 Å². The van der Waals surface area contributed by atoms with E-state index in [1.165, 1.54) is 17.3 Å². The first-order valence-electron chi connectivity index (χ1n) is 10.8. The minimum Gasteiger partial charge on any atom is -0.497 e. The summed E-state index contributed by atoms with van der Waals surface area (Å²) in [5.74, 6) is 1.38. The highest BCUT2D eigenvalue weighted by molar-refractivity contribution is 8.00. The quantitative estimate of drug-likeness (QED) is 0.294. The van der Waals surface area contributed by atoms with E-state index in [-0.39, 0.29) is 5.91 Å². The average molecular weight is 477 g/mol. The number of ether oxygens (including phenoxy) is 1. The standard InChI is InChI=1S/C25H24N4O2S2/c1-31-20-9-7-19(8-10-20)28-11-13-29(14-12-28)23(30)16-32-24-21-15-22(18-5-3-2-4-6-18)33-25(21)27-17-26-24/h2-10,15,17H,11-14,16H2,1H3. The highest BCUT2D eigenvalue weighted by Gasteiger charge is 2.22. The number of hydrogen-bond donors (Lipinski definition) is 0. The molecular weight excluding hydrogens is 452 g/mol. The zero-order valence-electron chi connectivity index (χ0n) is 18.3. The molecule has 0 radical (unpaired) electrons. The van der Waals surface area contributed by atoms with Crippen molar-refractivity contribution >= 4 is 44.9 Å². The highest BCUT2D eigenvalue weighted by Crippen LogP contribution is 2.36. The van der Waals surface area contributed by atoms with Gasteiger partial charge in [-0.1, -0.05) is 42.1 Å². The number of benzene rings is 2. The largest absolute Gasteiger partial charge is 0.497 e. The van der Waals surface area contributed by atoms with Gasteiger partial charge in [-0.05, 0) is 35.9 Å². The first-order chi connectivity index (χ1) is 16.2. The Morgan fingerprint density at radius 1 is 1.03 bits per heavy atom. The van der Waals surface area contributed by atoms with Gasteiger partial charge < -0.3 is 14.5 Å². The summed E-state index contributed by atoms with van der Waals surface area (Å²) in [4.78, 5) is 28.2. The lowest BCUT2D eigenvalue weighted by molar-refractivity contribution is -0.128. The fourth-order valence-electron chi connectivity index (χ4n) is 3.92. The smallest absolute Gasteiger partial charge is 0.233 e. The fraction of sp³-hybridized carbons (Fsp3) is 0.240. The van der Waals surface area contributed by atoms with Crippen molar-refractivity contribution in [2.24, 2.45) is 0 Å². The summed E-state index contributed by atoms with van der Waals surface area (Å²) in [5, 5.41) is 1.88. The van der Waals surface area contributed by atoms with E-state index >= 15 is 0 Å². The molecule has 0 aliphatic carbocycles. The van der Waals surface area contributed by atoms with Crippen LogP contribution in [-0.2, 0) is 4.79 Å². The van der Waals surface area contributed by atoms with E-state index in [2.05, 4.69) is 45.2 Å². The maximum atomic E-state index is 12.9. The monoisotopic (exact) mass is 476 g/mol. The van der Waals surface area contributed by atoms with Crippen LogP contribution in [0.5, 0.6) is 5.75 Å². The molecule has 0 spiro atoms. The number of amides is 1. The Bertz CT molecular complexity index is 1240. The van der Waals surface area contributed by atoms with Crippen molar-refractivity contribution in [2.75, 3.05) is 43.9 Å². The molecule has 0 atom stereocenters. The van der Waals surface area contributed by atoms with Gasteiger partial charge in [-0.15, -0.1) is 11.3 Å². The molecule has 4 aromatic rings. The number of aromatic nitrogens is 2. The lowest BCUT2D eigenvalue weighted by Crippen LogP contribution is -2.49. The normalized spacial score (nSPS) is 14.0. The van der Waals surface area contributed by atoms with Crippen LogP contribution >= 0.6 is 23.1 Å². The van der Waals surface area contributed by atoms with Crippen molar-refractivity contribution in [3.63, 3.8) is 0 Å². The summed E-state index contributed by atoms with van der Waals surface area (Å²) in [5.41, 5.74) is 2.33. The van der Waals surface area contributed by atoms with Crippen LogP contribution in [0.25, 0.3) is 20.7 Å². The molecule has 0 saturated carbocycles. The van der Waals surface area contributed by atoms with Gasteiger partial charge in [0.2, 0.25) is 5.91 Å². The molecule has 168 valence electrons. The number of carbonyl (C=O) groups excluding carboxylic acids is 1. The van der Waals surface area contributed by atoms with Crippen molar-refractivity contribution in [3.05, 3.63) is 67.0 Å². The molecule has 6 nitrogen and oxygen atoms in total. The predicted octanol–water partition coefficient (Wildman–Crippen LogP) is 4.81. The third-order valence-corrected chi connectivity index (χ3v) is 7.84. The van der Waals surface area contributed by atoms with Gasteiger partial charge in [0.25, 0.3) is 0 Å². The van der Waals surface area contributed by atoms with E-state index in [0.29, 0.717) is 5.75 Å². The van der Waals surface area contributed by atoms with E-state index < -0.39 is 0 Å². The molecule has 1 aliphatic heterocycles. The first kappa shape index (κ1) is 21.7. The molecule has 0 bridgehead atoms. The van der Waals surface area contributed by atoms with E-state index in [4.69, 9.17) is 4.74 Å². The third-order valence-electron chi connectivity index (χ3n) is 5.75.